The fraction of sp³-hybridized carbons (Fsp3) is 0.438. The van der Waals surface area contributed by atoms with Crippen molar-refractivity contribution in [1.29, 1.82) is 0 Å². The van der Waals surface area contributed by atoms with Gasteiger partial charge in [-0.15, -0.1) is 0 Å². The van der Waals surface area contributed by atoms with Gasteiger partial charge < -0.3 is 15.0 Å². The van der Waals surface area contributed by atoms with E-state index in [4.69, 9.17) is 10.5 Å². The number of aryl methyl sites for hydroxylation is 2. The Hall–Kier alpha value is -1.97. The van der Waals surface area contributed by atoms with E-state index in [1.165, 1.54) is 5.56 Å². The van der Waals surface area contributed by atoms with Crippen LogP contribution in [0.15, 0.2) is 30.6 Å². The third kappa shape index (κ3) is 3.53. The number of aromatic nitrogens is 2. The zero-order chi connectivity index (χ0) is 14.5. The second kappa shape index (κ2) is 6.46. The predicted molar refractivity (Wildman–Crippen MR) is 82.0 cm³/mol. The van der Waals surface area contributed by atoms with Gasteiger partial charge in [0, 0.05) is 24.6 Å². The van der Waals surface area contributed by atoms with E-state index in [1.54, 1.807) is 0 Å². The fourth-order valence-corrected chi connectivity index (χ4v) is 2.21. The van der Waals surface area contributed by atoms with Gasteiger partial charge >= 0.3 is 0 Å². The molecule has 4 heteroatoms. The van der Waals surface area contributed by atoms with Gasteiger partial charge in [-0.1, -0.05) is 13.8 Å². The Bertz CT molecular complexity index is 561. The molecule has 2 N–H and O–H groups in total. The Balaban J connectivity index is 1.89. The molecular weight excluding hydrogens is 250 g/mol. The summed E-state index contributed by atoms with van der Waals surface area (Å²) in [5.41, 5.74) is 7.79. The predicted octanol–water partition coefficient (Wildman–Crippen LogP) is 3.37. The summed E-state index contributed by atoms with van der Waals surface area (Å²) >= 11 is 0. The van der Waals surface area contributed by atoms with Gasteiger partial charge in [0.15, 0.2) is 0 Å². The van der Waals surface area contributed by atoms with Gasteiger partial charge in [0.1, 0.15) is 11.6 Å². The minimum absolute atomic E-state index is 0.407. The molecule has 2 aromatic rings. The summed E-state index contributed by atoms with van der Waals surface area (Å²) in [6.45, 7) is 7.93. The van der Waals surface area contributed by atoms with E-state index in [2.05, 4.69) is 23.4 Å². The molecule has 0 spiro atoms. The topological polar surface area (TPSA) is 53.1 Å². The average molecular weight is 273 g/mol. The van der Waals surface area contributed by atoms with Crippen molar-refractivity contribution in [2.75, 3.05) is 12.3 Å². The molecule has 0 radical (unpaired) electrons. The monoisotopic (exact) mass is 273 g/mol. The molecule has 0 bridgehead atoms. The summed E-state index contributed by atoms with van der Waals surface area (Å²) in [6, 6.07) is 5.86. The van der Waals surface area contributed by atoms with E-state index >= 15 is 0 Å². The van der Waals surface area contributed by atoms with Crippen molar-refractivity contribution in [2.45, 2.75) is 39.7 Å². The quantitative estimate of drug-likeness (QED) is 0.648. The van der Waals surface area contributed by atoms with Crippen molar-refractivity contribution in [3.05, 3.63) is 42.0 Å². The van der Waals surface area contributed by atoms with Gasteiger partial charge in [0.25, 0.3) is 0 Å². The number of imidazole rings is 1. The van der Waals surface area contributed by atoms with Crippen LogP contribution < -0.4 is 10.5 Å². The lowest BCUT2D eigenvalue weighted by Crippen LogP contribution is -2.07. The van der Waals surface area contributed by atoms with Crippen LogP contribution in [0, 0.1) is 6.92 Å². The lowest BCUT2D eigenvalue weighted by atomic mass is 10.0. The zero-order valence-corrected chi connectivity index (χ0v) is 12.5. The molecule has 1 aromatic carbocycles. The van der Waals surface area contributed by atoms with Gasteiger partial charge in [-0.3, -0.25) is 0 Å². The fourth-order valence-electron chi connectivity index (χ4n) is 2.21. The molecule has 20 heavy (non-hydrogen) atoms. The summed E-state index contributed by atoms with van der Waals surface area (Å²) in [5.74, 6) is 2.39. The Morgan fingerprint density at radius 2 is 2.15 bits per heavy atom. The number of nitrogens with two attached hydrogens (primary N) is 1. The summed E-state index contributed by atoms with van der Waals surface area (Å²) in [6.07, 6.45) is 4.78. The van der Waals surface area contributed by atoms with Gasteiger partial charge in [0.05, 0.1) is 6.61 Å². The molecule has 1 heterocycles. The van der Waals surface area contributed by atoms with E-state index in [0.29, 0.717) is 12.5 Å². The maximum absolute atomic E-state index is 5.90. The summed E-state index contributed by atoms with van der Waals surface area (Å²) in [5, 5.41) is 0. The Labute approximate surface area is 120 Å². The van der Waals surface area contributed by atoms with Crippen molar-refractivity contribution in [2.24, 2.45) is 0 Å². The maximum atomic E-state index is 5.90. The summed E-state index contributed by atoms with van der Waals surface area (Å²) in [4.78, 5) is 4.21. The maximum Gasteiger partial charge on any atom is 0.122 e. The van der Waals surface area contributed by atoms with Crippen LogP contribution in [0.25, 0.3) is 0 Å². The number of hydrogen-bond donors (Lipinski definition) is 1. The number of benzene rings is 1. The Morgan fingerprint density at radius 1 is 1.35 bits per heavy atom. The lowest BCUT2D eigenvalue weighted by molar-refractivity contribution is 0.297. The minimum atomic E-state index is 0.407. The molecule has 0 aliphatic carbocycles. The normalized spacial score (nSPS) is 11.0. The Kier molecular flexibility index (Phi) is 4.66. The van der Waals surface area contributed by atoms with Crippen molar-refractivity contribution < 1.29 is 4.74 Å². The molecule has 2 rings (SSSR count). The first kappa shape index (κ1) is 14.4. The highest BCUT2D eigenvalue weighted by atomic mass is 16.5. The highest BCUT2D eigenvalue weighted by Crippen LogP contribution is 2.28. The molecule has 4 nitrogen and oxygen atoms in total. The van der Waals surface area contributed by atoms with Crippen molar-refractivity contribution >= 4 is 5.69 Å². The molecule has 0 saturated heterocycles. The minimum Gasteiger partial charge on any atom is -0.493 e. The van der Waals surface area contributed by atoms with E-state index in [0.717, 1.165) is 30.2 Å². The molecular formula is C16H23N3O. The summed E-state index contributed by atoms with van der Waals surface area (Å²) in [7, 11) is 0. The molecule has 0 unspecified atom stereocenters. The van der Waals surface area contributed by atoms with Gasteiger partial charge in [-0.05, 0) is 43.0 Å². The van der Waals surface area contributed by atoms with Crippen LogP contribution in [-0.4, -0.2) is 16.2 Å². The van der Waals surface area contributed by atoms with Crippen LogP contribution in [0.2, 0.25) is 0 Å². The van der Waals surface area contributed by atoms with Crippen LogP contribution in [0.3, 0.4) is 0 Å². The standard InChI is InChI=1S/C16H23N3O/c1-12(2)15-11-14(17)5-6-16(15)20-10-4-8-19-9-7-18-13(19)3/h5-7,9,11-12H,4,8,10,17H2,1-3H3. The van der Waals surface area contributed by atoms with Crippen LogP contribution in [0.5, 0.6) is 5.75 Å². The molecule has 108 valence electrons. The number of nitrogen functional groups attached to an aromatic ring is 1. The van der Waals surface area contributed by atoms with Crippen molar-refractivity contribution in [3.63, 3.8) is 0 Å². The molecule has 0 amide bonds. The number of anilines is 1. The van der Waals surface area contributed by atoms with Gasteiger partial charge in [-0.2, -0.15) is 0 Å². The summed E-state index contributed by atoms with van der Waals surface area (Å²) < 4.78 is 8.04. The first-order valence-corrected chi connectivity index (χ1v) is 7.08. The first-order valence-electron chi connectivity index (χ1n) is 7.08. The smallest absolute Gasteiger partial charge is 0.122 e. The van der Waals surface area contributed by atoms with E-state index in [-0.39, 0.29) is 0 Å². The van der Waals surface area contributed by atoms with E-state index in [9.17, 15) is 0 Å². The number of ether oxygens (including phenoxy) is 1. The SMILES string of the molecule is Cc1nccn1CCCOc1ccc(N)cc1C(C)C. The molecule has 0 fully saturated rings. The molecule has 0 aliphatic heterocycles. The van der Waals surface area contributed by atoms with Crippen molar-refractivity contribution in [3.8, 4) is 5.75 Å². The average Bonchev–Trinajstić information content (AvgIpc) is 2.81. The second-order valence-electron chi connectivity index (χ2n) is 5.32. The zero-order valence-electron chi connectivity index (χ0n) is 12.5. The molecule has 0 aliphatic rings. The number of rotatable bonds is 6. The lowest BCUT2D eigenvalue weighted by Gasteiger charge is -2.15. The van der Waals surface area contributed by atoms with E-state index in [1.807, 2.05) is 37.5 Å². The largest absolute Gasteiger partial charge is 0.493 e. The van der Waals surface area contributed by atoms with Crippen LogP contribution in [0.1, 0.15) is 37.6 Å². The molecule has 1 aromatic heterocycles. The number of nitrogens with zero attached hydrogens (tertiary/aromatic N) is 2. The van der Waals surface area contributed by atoms with Crippen molar-refractivity contribution in [1.82, 2.24) is 9.55 Å². The highest BCUT2D eigenvalue weighted by molar-refractivity contribution is 5.49. The van der Waals surface area contributed by atoms with Gasteiger partial charge in [0.2, 0.25) is 0 Å². The first-order chi connectivity index (χ1) is 9.58. The van der Waals surface area contributed by atoms with Crippen LogP contribution >= 0.6 is 0 Å². The Morgan fingerprint density at radius 3 is 2.80 bits per heavy atom. The molecule has 0 atom stereocenters. The highest BCUT2D eigenvalue weighted by Gasteiger charge is 2.08. The third-order valence-corrected chi connectivity index (χ3v) is 3.38. The van der Waals surface area contributed by atoms with Crippen LogP contribution in [-0.2, 0) is 6.54 Å². The molecule has 0 saturated carbocycles. The van der Waals surface area contributed by atoms with Gasteiger partial charge in [-0.25, -0.2) is 4.98 Å². The van der Waals surface area contributed by atoms with E-state index < -0.39 is 0 Å². The second-order valence-corrected chi connectivity index (χ2v) is 5.32. The van der Waals surface area contributed by atoms with Crippen LogP contribution in [0.4, 0.5) is 5.69 Å². The number of hydrogen-bond acceptors (Lipinski definition) is 3. The third-order valence-electron chi connectivity index (χ3n) is 3.38.